The quantitative estimate of drug-likeness (QED) is 0.0886. The van der Waals surface area contributed by atoms with E-state index >= 15 is 0 Å². The fourth-order valence-corrected chi connectivity index (χ4v) is 5.04. The molecule has 0 aliphatic carbocycles. The molecule has 1 aromatic carbocycles. The van der Waals surface area contributed by atoms with E-state index in [2.05, 4.69) is 6.92 Å². The average molecular weight is 501 g/mol. The maximum atomic E-state index is 11.8. The van der Waals surface area contributed by atoms with Gasteiger partial charge in [0.05, 0.1) is 0 Å². The number of carbonyl (C=O) groups excluding carboxylic acids is 1. The van der Waals surface area contributed by atoms with Gasteiger partial charge in [-0.3, -0.25) is 4.79 Å². The Morgan fingerprint density at radius 1 is 0.500 bits per heavy atom. The van der Waals surface area contributed by atoms with E-state index in [1.165, 1.54) is 141 Å². The molecule has 0 aliphatic rings. The van der Waals surface area contributed by atoms with E-state index in [1.54, 1.807) is 0 Å². The second kappa shape index (κ2) is 26.7. The van der Waals surface area contributed by atoms with E-state index in [1.807, 2.05) is 30.3 Å². The normalized spacial score (nSPS) is 11.1. The van der Waals surface area contributed by atoms with Gasteiger partial charge in [0.1, 0.15) is 6.61 Å². The lowest BCUT2D eigenvalue weighted by atomic mass is 10.0. The Kier molecular flexibility index (Phi) is 24.3. The number of ether oxygens (including phenoxy) is 1. The highest BCUT2D eigenvalue weighted by Crippen LogP contribution is 2.16. The molecule has 0 bridgehead atoms. The second-order valence-electron chi connectivity index (χ2n) is 11.0. The molecule has 2 heteroatoms. The van der Waals surface area contributed by atoms with Gasteiger partial charge in [-0.25, -0.2) is 0 Å². The van der Waals surface area contributed by atoms with E-state index in [0.29, 0.717) is 13.0 Å². The number of benzene rings is 1. The zero-order valence-corrected chi connectivity index (χ0v) is 24.1. The molecule has 0 N–H and O–H groups in total. The molecule has 208 valence electrons. The summed E-state index contributed by atoms with van der Waals surface area (Å²) in [4.78, 5) is 11.8. The lowest BCUT2D eigenvalue weighted by molar-refractivity contribution is -0.145. The molecule has 2 nitrogen and oxygen atoms in total. The molecule has 0 aromatic heterocycles. The highest BCUT2D eigenvalue weighted by Gasteiger charge is 2.03. The van der Waals surface area contributed by atoms with Crippen molar-refractivity contribution in [2.45, 2.75) is 174 Å². The first kappa shape index (κ1) is 32.7. The van der Waals surface area contributed by atoms with Gasteiger partial charge in [-0.2, -0.15) is 0 Å². The largest absolute Gasteiger partial charge is 0.461 e. The summed E-state index contributed by atoms with van der Waals surface area (Å²) >= 11 is 0. The van der Waals surface area contributed by atoms with Crippen molar-refractivity contribution in [3.05, 3.63) is 35.9 Å². The summed E-state index contributed by atoms with van der Waals surface area (Å²) in [5.41, 5.74) is 1.06. The molecule has 1 rings (SSSR count). The zero-order valence-electron chi connectivity index (χ0n) is 24.1. The lowest BCUT2D eigenvalue weighted by Crippen LogP contribution is -2.04. The number of unbranched alkanes of at least 4 members (excludes halogenated alkanes) is 23. The Labute approximate surface area is 225 Å². The van der Waals surface area contributed by atoms with Crippen LogP contribution in [0.4, 0.5) is 0 Å². The molecule has 0 heterocycles. The van der Waals surface area contributed by atoms with Crippen molar-refractivity contribution in [2.75, 3.05) is 0 Å². The number of hydrogen-bond donors (Lipinski definition) is 0. The van der Waals surface area contributed by atoms with E-state index in [4.69, 9.17) is 4.74 Å². The number of hydrogen-bond acceptors (Lipinski definition) is 2. The smallest absolute Gasteiger partial charge is 0.306 e. The van der Waals surface area contributed by atoms with Crippen molar-refractivity contribution in [2.24, 2.45) is 0 Å². The van der Waals surface area contributed by atoms with Crippen LogP contribution in [-0.4, -0.2) is 5.97 Å². The molecule has 0 radical (unpaired) electrons. The average Bonchev–Trinajstić information content (AvgIpc) is 2.90. The van der Waals surface area contributed by atoms with E-state index in [-0.39, 0.29) is 5.97 Å². The van der Waals surface area contributed by atoms with Crippen LogP contribution in [0.2, 0.25) is 0 Å². The molecule has 0 unspecified atom stereocenters. The first-order valence-electron chi connectivity index (χ1n) is 16.0. The Morgan fingerprint density at radius 3 is 1.19 bits per heavy atom. The van der Waals surface area contributed by atoms with Gasteiger partial charge >= 0.3 is 5.97 Å². The summed E-state index contributed by atoms with van der Waals surface area (Å²) in [5, 5.41) is 0. The minimum atomic E-state index is -0.0577. The minimum absolute atomic E-state index is 0.0577. The van der Waals surface area contributed by atoms with Crippen molar-refractivity contribution in [1.82, 2.24) is 0 Å². The predicted octanol–water partition coefficient (Wildman–Crippen LogP) is 11.5. The first-order chi connectivity index (χ1) is 17.8. The summed E-state index contributed by atoms with van der Waals surface area (Å²) in [6.45, 7) is 2.70. The predicted molar refractivity (Wildman–Crippen MR) is 157 cm³/mol. The Morgan fingerprint density at radius 2 is 0.833 bits per heavy atom. The molecule has 0 aliphatic heterocycles. The van der Waals surface area contributed by atoms with Gasteiger partial charge < -0.3 is 4.74 Å². The third kappa shape index (κ3) is 23.1. The summed E-state index contributed by atoms with van der Waals surface area (Å²) < 4.78 is 5.34. The Hall–Kier alpha value is -1.31. The monoisotopic (exact) mass is 500 g/mol. The van der Waals surface area contributed by atoms with Crippen LogP contribution in [-0.2, 0) is 16.1 Å². The molecule has 1 aromatic rings. The van der Waals surface area contributed by atoms with Crippen LogP contribution in [0.5, 0.6) is 0 Å². The van der Waals surface area contributed by atoms with Gasteiger partial charge in [0, 0.05) is 6.42 Å². The van der Waals surface area contributed by atoms with Crippen LogP contribution in [0, 0.1) is 0 Å². The van der Waals surface area contributed by atoms with Gasteiger partial charge in [0.2, 0.25) is 0 Å². The summed E-state index contributed by atoms with van der Waals surface area (Å²) in [6.07, 6.45) is 34.1. The summed E-state index contributed by atoms with van der Waals surface area (Å²) in [6, 6.07) is 9.92. The molecule has 0 amide bonds. The molecule has 0 saturated heterocycles. The summed E-state index contributed by atoms with van der Waals surface area (Å²) in [7, 11) is 0. The topological polar surface area (TPSA) is 26.3 Å². The van der Waals surface area contributed by atoms with Crippen molar-refractivity contribution in [1.29, 1.82) is 0 Å². The summed E-state index contributed by atoms with van der Waals surface area (Å²) in [5.74, 6) is -0.0577. The third-order valence-corrected chi connectivity index (χ3v) is 7.48. The second-order valence-corrected chi connectivity index (χ2v) is 11.0. The van der Waals surface area contributed by atoms with E-state index < -0.39 is 0 Å². The first-order valence-corrected chi connectivity index (χ1v) is 16.0. The van der Waals surface area contributed by atoms with Crippen LogP contribution in [0.25, 0.3) is 0 Å². The van der Waals surface area contributed by atoms with Crippen LogP contribution in [0.1, 0.15) is 173 Å². The van der Waals surface area contributed by atoms with Crippen molar-refractivity contribution in [3.63, 3.8) is 0 Å². The molecule has 0 saturated carbocycles. The van der Waals surface area contributed by atoms with Gasteiger partial charge in [-0.05, 0) is 12.0 Å². The number of carbonyl (C=O) groups is 1. The van der Waals surface area contributed by atoms with Crippen LogP contribution in [0.3, 0.4) is 0 Å². The van der Waals surface area contributed by atoms with Crippen LogP contribution >= 0.6 is 0 Å². The fraction of sp³-hybridized carbons (Fsp3) is 0.794. The number of rotatable bonds is 27. The van der Waals surface area contributed by atoms with Crippen molar-refractivity contribution < 1.29 is 9.53 Å². The molecular weight excluding hydrogens is 440 g/mol. The van der Waals surface area contributed by atoms with Gasteiger partial charge in [-0.15, -0.1) is 0 Å². The highest BCUT2D eigenvalue weighted by molar-refractivity contribution is 5.69. The minimum Gasteiger partial charge on any atom is -0.461 e. The standard InChI is InChI=1S/C34H60O2/c1-2-3-4-5-6-7-8-9-10-11-12-13-14-15-16-17-18-19-20-21-22-23-24-28-31-34(35)36-32-33-29-26-25-27-30-33/h25-27,29-30H,2-24,28,31-32H2,1H3. The van der Waals surface area contributed by atoms with Gasteiger partial charge in [0.15, 0.2) is 0 Å². The molecule has 36 heavy (non-hydrogen) atoms. The van der Waals surface area contributed by atoms with Crippen molar-refractivity contribution >= 4 is 5.97 Å². The number of esters is 1. The van der Waals surface area contributed by atoms with Gasteiger partial charge in [0.25, 0.3) is 0 Å². The molecule has 0 fully saturated rings. The van der Waals surface area contributed by atoms with E-state index in [0.717, 1.165) is 18.4 Å². The van der Waals surface area contributed by atoms with Crippen LogP contribution in [0.15, 0.2) is 30.3 Å². The molecular formula is C34H60O2. The molecule has 0 spiro atoms. The Balaban J connectivity index is 1.68. The SMILES string of the molecule is CCCCCCCCCCCCCCCCCCCCCCCCCCC(=O)OCc1ccccc1. The third-order valence-electron chi connectivity index (χ3n) is 7.48. The fourth-order valence-electron chi connectivity index (χ4n) is 5.04. The van der Waals surface area contributed by atoms with Crippen LogP contribution < -0.4 is 0 Å². The van der Waals surface area contributed by atoms with E-state index in [9.17, 15) is 4.79 Å². The van der Waals surface area contributed by atoms with Crippen molar-refractivity contribution in [3.8, 4) is 0 Å². The maximum Gasteiger partial charge on any atom is 0.306 e. The highest BCUT2D eigenvalue weighted by atomic mass is 16.5. The Bertz CT molecular complexity index is 568. The molecule has 0 atom stereocenters. The lowest BCUT2D eigenvalue weighted by Gasteiger charge is -2.05. The maximum absolute atomic E-state index is 11.8. The van der Waals surface area contributed by atoms with Gasteiger partial charge in [-0.1, -0.05) is 185 Å². The zero-order chi connectivity index (χ0) is 25.8.